The molecule has 1 rings (SSSR count). The molecule has 1 aliphatic rings. The molecule has 1 saturated carbocycles. The third-order valence-electron chi connectivity index (χ3n) is 4.54. The normalized spacial score (nSPS) is 23.4. The van der Waals surface area contributed by atoms with Gasteiger partial charge in [-0.1, -0.05) is 13.8 Å². The van der Waals surface area contributed by atoms with Crippen molar-refractivity contribution in [3.63, 3.8) is 0 Å². The van der Waals surface area contributed by atoms with Crippen LogP contribution in [0.5, 0.6) is 0 Å². The molecule has 0 spiro atoms. The van der Waals surface area contributed by atoms with Crippen molar-refractivity contribution in [3.8, 4) is 0 Å². The standard InChI is InChI=1S/C17H31N3O4/c1-10(2)8-14(17(23)24)20-16(22)13-6-4-12(5-7-13)9-19-15(21)11(3)18/h10-14H,4-9,18H2,1-3H3,(H,19,21)(H,20,22)(H,23,24)/t11-,12?,13?,14-/m1/s1. The molecule has 0 radical (unpaired) electrons. The van der Waals surface area contributed by atoms with Crippen LogP contribution in [-0.4, -0.2) is 36.4 Å². The van der Waals surface area contributed by atoms with E-state index in [2.05, 4.69) is 16.4 Å². The van der Waals surface area contributed by atoms with Gasteiger partial charge in [0, 0.05) is 12.5 Å². The Morgan fingerprint density at radius 1 is 1.12 bits per heavy atom. The van der Waals surface area contributed by atoms with E-state index in [1.54, 1.807) is 6.92 Å². The molecular formula is C17H31N3O4. The van der Waals surface area contributed by atoms with E-state index in [9.17, 15) is 19.5 Å². The van der Waals surface area contributed by atoms with Crippen LogP contribution in [0.3, 0.4) is 0 Å². The SMILES string of the molecule is CC(C)C[C@@H](NC(=O)C1CCC(CNC(=O)[C@@H](C)[NH3+])CC1)C(=O)[O-]. The summed E-state index contributed by atoms with van der Waals surface area (Å²) in [4.78, 5) is 34.9. The van der Waals surface area contributed by atoms with E-state index in [-0.39, 0.29) is 29.7 Å². The van der Waals surface area contributed by atoms with Gasteiger partial charge in [-0.3, -0.25) is 9.59 Å². The average Bonchev–Trinajstić information content (AvgIpc) is 2.51. The number of carbonyl (C=O) groups excluding carboxylic acids is 3. The fourth-order valence-corrected chi connectivity index (χ4v) is 3.02. The maximum absolute atomic E-state index is 12.3. The lowest BCUT2D eigenvalue weighted by atomic mass is 9.81. The van der Waals surface area contributed by atoms with E-state index in [0.717, 1.165) is 12.8 Å². The number of hydrogen-bond donors (Lipinski definition) is 3. The summed E-state index contributed by atoms with van der Waals surface area (Å²) in [5.74, 6) is -1.10. The van der Waals surface area contributed by atoms with Gasteiger partial charge in [-0.15, -0.1) is 0 Å². The molecule has 0 bridgehead atoms. The number of amides is 2. The molecule has 2 atom stereocenters. The van der Waals surface area contributed by atoms with Crippen LogP contribution in [0, 0.1) is 17.8 Å². The van der Waals surface area contributed by atoms with E-state index in [1.165, 1.54) is 0 Å². The van der Waals surface area contributed by atoms with Gasteiger partial charge in [0.15, 0.2) is 6.04 Å². The van der Waals surface area contributed by atoms with Crippen molar-refractivity contribution in [3.05, 3.63) is 0 Å². The van der Waals surface area contributed by atoms with Gasteiger partial charge < -0.3 is 26.3 Å². The molecule has 1 aliphatic carbocycles. The molecule has 0 heterocycles. The summed E-state index contributed by atoms with van der Waals surface area (Å²) < 4.78 is 0. The average molecular weight is 341 g/mol. The van der Waals surface area contributed by atoms with Crippen molar-refractivity contribution >= 4 is 17.8 Å². The monoisotopic (exact) mass is 341 g/mol. The van der Waals surface area contributed by atoms with Crippen LogP contribution < -0.4 is 21.5 Å². The van der Waals surface area contributed by atoms with Crippen molar-refractivity contribution in [1.82, 2.24) is 10.6 Å². The van der Waals surface area contributed by atoms with Crippen molar-refractivity contribution in [1.29, 1.82) is 0 Å². The van der Waals surface area contributed by atoms with Gasteiger partial charge in [0.2, 0.25) is 5.91 Å². The van der Waals surface area contributed by atoms with Gasteiger partial charge >= 0.3 is 0 Å². The van der Waals surface area contributed by atoms with Crippen LogP contribution in [0.4, 0.5) is 0 Å². The number of carbonyl (C=O) groups is 3. The summed E-state index contributed by atoms with van der Waals surface area (Å²) >= 11 is 0. The molecule has 0 aromatic carbocycles. The minimum Gasteiger partial charge on any atom is -0.548 e. The first-order chi connectivity index (χ1) is 11.2. The highest BCUT2D eigenvalue weighted by Gasteiger charge is 2.28. The zero-order valence-electron chi connectivity index (χ0n) is 15.0. The molecule has 0 aromatic heterocycles. The van der Waals surface area contributed by atoms with E-state index < -0.39 is 12.0 Å². The van der Waals surface area contributed by atoms with Crippen LogP contribution in [0.2, 0.25) is 0 Å². The van der Waals surface area contributed by atoms with Gasteiger partial charge in [-0.25, -0.2) is 0 Å². The predicted molar refractivity (Wildman–Crippen MR) is 87.2 cm³/mol. The highest BCUT2D eigenvalue weighted by atomic mass is 16.4. The Labute approximate surface area is 143 Å². The topological polar surface area (TPSA) is 126 Å². The maximum atomic E-state index is 12.3. The molecule has 0 saturated heterocycles. The summed E-state index contributed by atoms with van der Waals surface area (Å²) in [6, 6.07) is -1.19. The second-order valence-corrected chi connectivity index (χ2v) is 7.37. The second kappa shape index (κ2) is 9.61. The second-order valence-electron chi connectivity index (χ2n) is 7.37. The van der Waals surface area contributed by atoms with Crippen molar-refractivity contribution in [2.75, 3.05) is 6.54 Å². The summed E-state index contributed by atoms with van der Waals surface area (Å²) in [6.45, 7) is 6.19. The molecule has 0 unspecified atom stereocenters. The minimum absolute atomic E-state index is 0.0552. The van der Waals surface area contributed by atoms with Gasteiger partial charge in [0.25, 0.3) is 5.91 Å². The fourth-order valence-electron chi connectivity index (χ4n) is 3.02. The third-order valence-corrected chi connectivity index (χ3v) is 4.54. The van der Waals surface area contributed by atoms with Gasteiger partial charge in [0.05, 0.1) is 12.0 Å². The van der Waals surface area contributed by atoms with E-state index >= 15 is 0 Å². The van der Waals surface area contributed by atoms with Gasteiger partial charge in [-0.05, 0) is 50.9 Å². The summed E-state index contributed by atoms with van der Waals surface area (Å²) in [7, 11) is 0. The van der Waals surface area contributed by atoms with Gasteiger partial charge in [0.1, 0.15) is 0 Å². The first-order valence-electron chi connectivity index (χ1n) is 8.82. The van der Waals surface area contributed by atoms with Crippen molar-refractivity contribution in [2.45, 2.75) is 65.0 Å². The number of carboxylic acids is 1. The quantitative estimate of drug-likeness (QED) is 0.514. The molecule has 7 heteroatoms. The number of hydrogen-bond acceptors (Lipinski definition) is 4. The lowest BCUT2D eigenvalue weighted by Gasteiger charge is -2.30. The summed E-state index contributed by atoms with van der Waals surface area (Å²) in [5.41, 5.74) is 3.68. The summed E-state index contributed by atoms with van der Waals surface area (Å²) in [6.07, 6.45) is 3.51. The number of quaternary nitrogens is 1. The van der Waals surface area contributed by atoms with E-state index in [1.807, 2.05) is 13.8 Å². The van der Waals surface area contributed by atoms with E-state index in [4.69, 9.17) is 0 Å². The molecule has 0 aliphatic heterocycles. The molecule has 24 heavy (non-hydrogen) atoms. The number of nitrogens with one attached hydrogen (secondary N) is 2. The van der Waals surface area contributed by atoms with Crippen LogP contribution in [-0.2, 0) is 14.4 Å². The predicted octanol–water partition coefficient (Wildman–Crippen LogP) is -1.18. The van der Waals surface area contributed by atoms with Crippen LogP contribution in [0.15, 0.2) is 0 Å². The van der Waals surface area contributed by atoms with Crippen LogP contribution >= 0.6 is 0 Å². The zero-order valence-corrected chi connectivity index (χ0v) is 15.0. The number of carboxylic acid groups (broad SMARTS) is 1. The molecule has 2 amide bonds. The number of rotatable bonds is 8. The Kier molecular flexibility index (Phi) is 8.18. The molecule has 0 aromatic rings. The first-order valence-corrected chi connectivity index (χ1v) is 8.82. The smallest absolute Gasteiger partial charge is 0.277 e. The molecule has 5 N–H and O–H groups in total. The van der Waals surface area contributed by atoms with Gasteiger partial charge in [-0.2, -0.15) is 0 Å². The lowest BCUT2D eigenvalue weighted by molar-refractivity contribution is -0.398. The maximum Gasteiger partial charge on any atom is 0.277 e. The molecular weight excluding hydrogens is 310 g/mol. The Morgan fingerprint density at radius 3 is 2.17 bits per heavy atom. The minimum atomic E-state index is -1.23. The Morgan fingerprint density at radius 2 is 1.71 bits per heavy atom. The highest BCUT2D eigenvalue weighted by Crippen LogP contribution is 2.28. The van der Waals surface area contributed by atoms with Crippen LogP contribution in [0.25, 0.3) is 0 Å². The first kappa shape index (κ1) is 20.4. The Hall–Kier alpha value is -1.63. The van der Waals surface area contributed by atoms with E-state index in [0.29, 0.717) is 31.7 Å². The largest absolute Gasteiger partial charge is 0.548 e. The van der Waals surface area contributed by atoms with Crippen molar-refractivity contribution < 1.29 is 25.2 Å². The summed E-state index contributed by atoms with van der Waals surface area (Å²) in [5, 5.41) is 16.6. The fraction of sp³-hybridized carbons (Fsp3) is 0.824. The van der Waals surface area contributed by atoms with Crippen molar-refractivity contribution in [2.24, 2.45) is 17.8 Å². The number of aliphatic carboxylic acids is 1. The molecule has 1 fully saturated rings. The third kappa shape index (κ3) is 6.86. The highest BCUT2D eigenvalue weighted by molar-refractivity contribution is 5.84. The lowest BCUT2D eigenvalue weighted by Crippen LogP contribution is -2.66. The Bertz CT molecular complexity index is 443. The Balaban J connectivity index is 2.39. The van der Waals surface area contributed by atoms with Crippen LogP contribution in [0.1, 0.15) is 52.9 Å². The molecule has 138 valence electrons. The molecule has 7 nitrogen and oxygen atoms in total. The zero-order chi connectivity index (χ0) is 18.3.